The third kappa shape index (κ3) is 5.59. The first-order valence-corrected chi connectivity index (χ1v) is 11.8. The van der Waals surface area contributed by atoms with Crippen LogP contribution in [0.5, 0.6) is 0 Å². The van der Waals surface area contributed by atoms with Crippen LogP contribution in [-0.4, -0.2) is 66.8 Å². The van der Waals surface area contributed by atoms with Crippen molar-refractivity contribution in [2.45, 2.75) is 32.9 Å². The lowest BCUT2D eigenvalue weighted by molar-refractivity contribution is -0.140. The number of fused-ring (bicyclic) bond motifs is 5. The summed E-state index contributed by atoms with van der Waals surface area (Å²) in [5.74, 6) is 1.00. The fourth-order valence-corrected chi connectivity index (χ4v) is 5.20. The molecule has 5 unspecified atom stereocenters. The van der Waals surface area contributed by atoms with E-state index < -0.39 is 0 Å². The molecule has 1 aliphatic heterocycles. The minimum atomic E-state index is -0.125. The number of benzene rings is 1. The second kappa shape index (κ2) is 11.5. The van der Waals surface area contributed by atoms with Gasteiger partial charge in [-0.3, -0.25) is 24.4 Å². The number of carbonyl (C=O) groups excluding carboxylic acids is 2. The molecule has 0 aromatic heterocycles. The first-order valence-electron chi connectivity index (χ1n) is 11.8. The molecule has 5 atom stereocenters. The molecule has 7 nitrogen and oxygen atoms in total. The lowest BCUT2D eigenvalue weighted by Crippen LogP contribution is -2.44. The molecule has 1 saturated carbocycles. The Labute approximate surface area is 214 Å². The maximum absolute atomic E-state index is 12.8. The number of nitrogens with zero attached hydrogens (tertiary/aromatic N) is 3. The van der Waals surface area contributed by atoms with E-state index >= 15 is 0 Å². The van der Waals surface area contributed by atoms with Crippen LogP contribution in [0.1, 0.15) is 25.8 Å². The Bertz CT molecular complexity index is 860. The number of rotatable bonds is 9. The summed E-state index contributed by atoms with van der Waals surface area (Å²) >= 11 is 0. The Kier molecular flexibility index (Phi) is 8.92. The molecule has 8 heteroatoms. The summed E-state index contributed by atoms with van der Waals surface area (Å²) in [6.45, 7) is 7.36. The summed E-state index contributed by atoms with van der Waals surface area (Å²) in [4.78, 5) is 34.1. The second-order valence-electron chi connectivity index (χ2n) is 9.22. The maximum atomic E-state index is 12.8. The van der Waals surface area contributed by atoms with Crippen LogP contribution in [0.15, 0.2) is 47.5 Å². The Balaban J connectivity index is 0.00000306. The van der Waals surface area contributed by atoms with Crippen molar-refractivity contribution >= 4 is 41.8 Å². The van der Waals surface area contributed by atoms with Crippen molar-refractivity contribution in [3.8, 4) is 0 Å². The van der Waals surface area contributed by atoms with Crippen molar-refractivity contribution in [1.29, 1.82) is 0 Å². The van der Waals surface area contributed by atoms with Gasteiger partial charge in [0.2, 0.25) is 11.8 Å². The molecule has 1 heterocycles. The van der Waals surface area contributed by atoms with Gasteiger partial charge in [-0.1, -0.05) is 42.5 Å². The van der Waals surface area contributed by atoms with Gasteiger partial charge in [0.25, 0.3) is 0 Å². The average molecular weight is 566 g/mol. The number of halogens is 1. The van der Waals surface area contributed by atoms with Crippen LogP contribution in [0.2, 0.25) is 0 Å². The summed E-state index contributed by atoms with van der Waals surface area (Å²) in [7, 11) is 2.11. The van der Waals surface area contributed by atoms with Gasteiger partial charge in [0.05, 0.1) is 18.4 Å². The summed E-state index contributed by atoms with van der Waals surface area (Å²) in [5, 5.41) is 6.56. The molecule has 180 valence electrons. The first-order chi connectivity index (χ1) is 15.5. The van der Waals surface area contributed by atoms with Gasteiger partial charge in [0.1, 0.15) is 0 Å². The fourth-order valence-electron chi connectivity index (χ4n) is 5.20. The topological polar surface area (TPSA) is 77.0 Å². The quantitative estimate of drug-likeness (QED) is 0.158. The molecule has 2 aliphatic carbocycles. The molecule has 2 bridgehead atoms. The molecular formula is C25H36IN5O2. The number of guanidine groups is 1. The summed E-state index contributed by atoms with van der Waals surface area (Å²) in [6, 6.07) is 10.7. The summed E-state index contributed by atoms with van der Waals surface area (Å²) < 4.78 is 0. The summed E-state index contributed by atoms with van der Waals surface area (Å²) in [6.07, 6.45) is 5.22. The zero-order chi connectivity index (χ0) is 22.7. The number of hydrogen-bond acceptors (Lipinski definition) is 4. The number of likely N-dealkylation sites (tertiary alicyclic amines) is 1. The second-order valence-corrected chi connectivity index (χ2v) is 9.22. The van der Waals surface area contributed by atoms with E-state index in [0.29, 0.717) is 25.6 Å². The Morgan fingerprint density at radius 1 is 1.12 bits per heavy atom. The summed E-state index contributed by atoms with van der Waals surface area (Å²) in [5.41, 5.74) is 1.28. The highest BCUT2D eigenvalue weighted by atomic mass is 127. The van der Waals surface area contributed by atoms with Crippen molar-refractivity contribution in [3.63, 3.8) is 0 Å². The van der Waals surface area contributed by atoms with Crippen LogP contribution in [0.4, 0.5) is 0 Å². The molecule has 3 aliphatic rings. The monoisotopic (exact) mass is 565 g/mol. The normalized spacial score (nSPS) is 26.5. The van der Waals surface area contributed by atoms with Gasteiger partial charge in [0.15, 0.2) is 5.96 Å². The number of amides is 2. The highest BCUT2D eigenvalue weighted by Gasteiger charge is 2.58. The third-order valence-corrected chi connectivity index (χ3v) is 7.07. The van der Waals surface area contributed by atoms with Crippen LogP contribution in [0.25, 0.3) is 0 Å². The number of aliphatic imine (C=N–C) groups is 1. The number of imide groups is 1. The van der Waals surface area contributed by atoms with Crippen molar-refractivity contribution in [1.82, 2.24) is 20.4 Å². The zero-order valence-corrected chi connectivity index (χ0v) is 22.1. The lowest BCUT2D eigenvalue weighted by Gasteiger charge is -2.24. The zero-order valence-electron chi connectivity index (χ0n) is 19.7. The van der Waals surface area contributed by atoms with E-state index in [0.717, 1.165) is 19.5 Å². The van der Waals surface area contributed by atoms with Crippen molar-refractivity contribution in [3.05, 3.63) is 48.0 Å². The molecular weight excluding hydrogens is 529 g/mol. The number of carbonyl (C=O) groups is 2. The molecule has 2 fully saturated rings. The Morgan fingerprint density at radius 3 is 2.36 bits per heavy atom. The number of likely N-dealkylation sites (N-methyl/N-ethyl adjacent to an activating group) is 1. The molecule has 33 heavy (non-hydrogen) atoms. The third-order valence-electron chi connectivity index (χ3n) is 7.07. The number of hydrogen-bond donors (Lipinski definition) is 2. The van der Waals surface area contributed by atoms with Gasteiger partial charge in [0, 0.05) is 32.2 Å². The molecule has 4 rings (SSSR count). The van der Waals surface area contributed by atoms with Crippen LogP contribution in [0.3, 0.4) is 0 Å². The minimum absolute atomic E-state index is 0. The molecule has 0 spiro atoms. The van der Waals surface area contributed by atoms with E-state index in [1.807, 2.05) is 13.0 Å². The molecule has 1 aromatic carbocycles. The van der Waals surface area contributed by atoms with Gasteiger partial charge in [-0.2, -0.15) is 0 Å². The average Bonchev–Trinajstić information content (AvgIpc) is 3.47. The highest BCUT2D eigenvalue weighted by molar-refractivity contribution is 14.0. The molecule has 2 N–H and O–H groups in total. The number of nitrogens with one attached hydrogen (secondary N) is 2. The number of allylic oxidation sites excluding steroid dienone is 2. The van der Waals surface area contributed by atoms with Gasteiger partial charge in [-0.05, 0) is 44.7 Å². The fraction of sp³-hybridized carbons (Fsp3) is 0.560. The standard InChI is InChI=1S/C25H35N5O2.HI/c1-4-26-25(28-15-17(2)29(3)16-18-8-6-5-7-9-18)27-12-13-30-23(31)21-19-10-11-20(14-19)22(21)24(30)32;/h5-11,17,19-22H,4,12-16H2,1-3H3,(H2,26,27,28);1H. The van der Waals surface area contributed by atoms with Crippen molar-refractivity contribution in [2.24, 2.45) is 28.7 Å². The minimum Gasteiger partial charge on any atom is -0.357 e. The molecule has 2 amide bonds. The molecule has 1 aromatic rings. The van der Waals surface area contributed by atoms with Gasteiger partial charge < -0.3 is 10.6 Å². The highest BCUT2D eigenvalue weighted by Crippen LogP contribution is 2.52. The van der Waals surface area contributed by atoms with E-state index in [9.17, 15) is 9.59 Å². The van der Waals surface area contributed by atoms with E-state index in [1.165, 1.54) is 10.5 Å². The van der Waals surface area contributed by atoms with Gasteiger partial charge in [-0.15, -0.1) is 24.0 Å². The largest absolute Gasteiger partial charge is 0.357 e. The predicted molar refractivity (Wildman–Crippen MR) is 141 cm³/mol. The van der Waals surface area contributed by atoms with Crippen molar-refractivity contribution < 1.29 is 9.59 Å². The van der Waals surface area contributed by atoms with Crippen LogP contribution < -0.4 is 10.6 Å². The van der Waals surface area contributed by atoms with Crippen LogP contribution in [-0.2, 0) is 16.1 Å². The van der Waals surface area contributed by atoms with E-state index in [1.54, 1.807) is 0 Å². The van der Waals surface area contributed by atoms with Crippen LogP contribution >= 0.6 is 24.0 Å². The van der Waals surface area contributed by atoms with Gasteiger partial charge in [-0.25, -0.2) is 0 Å². The smallest absolute Gasteiger partial charge is 0.233 e. The predicted octanol–water partition coefficient (Wildman–Crippen LogP) is 2.49. The van der Waals surface area contributed by atoms with Crippen LogP contribution in [0, 0.1) is 23.7 Å². The van der Waals surface area contributed by atoms with E-state index in [4.69, 9.17) is 4.99 Å². The Morgan fingerprint density at radius 2 is 1.76 bits per heavy atom. The molecule has 0 radical (unpaired) electrons. The Hall–Kier alpha value is -1.94. The van der Waals surface area contributed by atoms with E-state index in [-0.39, 0.29) is 65.5 Å². The van der Waals surface area contributed by atoms with Gasteiger partial charge >= 0.3 is 0 Å². The lowest BCUT2D eigenvalue weighted by atomic mass is 9.85. The maximum Gasteiger partial charge on any atom is 0.233 e. The van der Waals surface area contributed by atoms with E-state index in [2.05, 4.69) is 65.9 Å². The first kappa shape index (κ1) is 25.7. The van der Waals surface area contributed by atoms with Crippen molar-refractivity contribution in [2.75, 3.05) is 33.2 Å². The molecule has 1 saturated heterocycles. The SMILES string of the molecule is CCNC(=NCC(C)N(C)Cc1ccccc1)NCCN1C(=O)C2C3C=CC(C3)C2C1=O.I.